The van der Waals surface area contributed by atoms with E-state index in [0.717, 1.165) is 24.6 Å². The minimum atomic E-state index is 0.596. The predicted octanol–water partition coefficient (Wildman–Crippen LogP) is 1.43. The Morgan fingerprint density at radius 1 is 1.44 bits per heavy atom. The van der Waals surface area contributed by atoms with Crippen molar-refractivity contribution in [2.45, 2.75) is 18.9 Å². The maximum Gasteiger partial charge on any atom is 0.137 e. The molecule has 1 aliphatic rings. The molecule has 0 radical (unpaired) electrons. The first-order valence-corrected chi connectivity index (χ1v) is 6.33. The van der Waals surface area contributed by atoms with Gasteiger partial charge in [0.2, 0.25) is 0 Å². The van der Waals surface area contributed by atoms with Gasteiger partial charge in [-0.3, -0.25) is 4.57 Å². The van der Waals surface area contributed by atoms with Crippen molar-refractivity contribution in [2.75, 3.05) is 18.4 Å². The molecule has 1 unspecified atom stereocenters. The molecule has 2 aromatic heterocycles. The number of rotatable bonds is 4. The van der Waals surface area contributed by atoms with Gasteiger partial charge in [-0.2, -0.15) is 0 Å². The fourth-order valence-electron chi connectivity index (χ4n) is 2.21. The van der Waals surface area contributed by atoms with E-state index in [1.54, 1.807) is 12.5 Å². The molecule has 0 spiro atoms. The minimum Gasteiger partial charge on any atom is -0.382 e. The molecule has 94 valence electrons. The Bertz CT molecular complexity index is 471. The van der Waals surface area contributed by atoms with Crippen LogP contribution in [0.15, 0.2) is 37.1 Å². The van der Waals surface area contributed by atoms with E-state index in [2.05, 4.69) is 26.7 Å². The summed E-state index contributed by atoms with van der Waals surface area (Å²) in [6.07, 6.45) is 9.79. The number of imidazole rings is 1. The summed E-state index contributed by atoms with van der Waals surface area (Å²) < 4.78 is 1.89. The maximum atomic E-state index is 4.41. The van der Waals surface area contributed by atoms with E-state index in [0.29, 0.717) is 6.04 Å². The van der Waals surface area contributed by atoms with Crippen LogP contribution in [0.25, 0.3) is 5.82 Å². The molecular formula is C13H17N5. The molecule has 3 rings (SSSR count). The lowest BCUT2D eigenvalue weighted by atomic mass is 10.2. The molecule has 1 atom stereocenters. The van der Waals surface area contributed by atoms with Crippen molar-refractivity contribution < 1.29 is 0 Å². The molecular weight excluding hydrogens is 226 g/mol. The Morgan fingerprint density at radius 2 is 2.44 bits per heavy atom. The van der Waals surface area contributed by atoms with Gasteiger partial charge in [0, 0.05) is 25.0 Å². The first-order chi connectivity index (χ1) is 8.92. The zero-order valence-electron chi connectivity index (χ0n) is 10.2. The van der Waals surface area contributed by atoms with Crippen LogP contribution in [0.5, 0.6) is 0 Å². The summed E-state index contributed by atoms with van der Waals surface area (Å²) in [4.78, 5) is 8.42. The Hall–Kier alpha value is -1.88. The van der Waals surface area contributed by atoms with E-state index in [4.69, 9.17) is 0 Å². The molecule has 5 nitrogen and oxygen atoms in total. The lowest BCUT2D eigenvalue weighted by molar-refractivity contribution is 0.633. The summed E-state index contributed by atoms with van der Waals surface area (Å²) in [6.45, 7) is 2.11. The SMILES string of the molecule is c1cn(-c2ccc(NCC3CCCN3)cn2)cn1. The van der Waals surface area contributed by atoms with Crippen LogP contribution in [0.1, 0.15) is 12.8 Å². The van der Waals surface area contributed by atoms with E-state index < -0.39 is 0 Å². The van der Waals surface area contributed by atoms with Crippen LogP contribution in [0.3, 0.4) is 0 Å². The third kappa shape index (κ3) is 2.51. The van der Waals surface area contributed by atoms with Crippen LogP contribution >= 0.6 is 0 Å². The number of aromatic nitrogens is 3. The summed E-state index contributed by atoms with van der Waals surface area (Å²) in [5.41, 5.74) is 1.06. The monoisotopic (exact) mass is 243 g/mol. The zero-order chi connectivity index (χ0) is 12.2. The smallest absolute Gasteiger partial charge is 0.137 e. The van der Waals surface area contributed by atoms with Gasteiger partial charge >= 0.3 is 0 Å². The van der Waals surface area contributed by atoms with Crippen LogP contribution in [-0.4, -0.2) is 33.7 Å². The average molecular weight is 243 g/mol. The molecule has 0 aliphatic carbocycles. The molecule has 1 fully saturated rings. The molecule has 0 bridgehead atoms. The highest BCUT2D eigenvalue weighted by molar-refractivity contribution is 5.43. The van der Waals surface area contributed by atoms with E-state index in [9.17, 15) is 0 Å². The van der Waals surface area contributed by atoms with Crippen LogP contribution in [-0.2, 0) is 0 Å². The molecule has 1 aliphatic heterocycles. The van der Waals surface area contributed by atoms with Gasteiger partial charge in [-0.15, -0.1) is 0 Å². The summed E-state index contributed by atoms with van der Waals surface area (Å²) >= 11 is 0. The van der Waals surface area contributed by atoms with Crippen LogP contribution < -0.4 is 10.6 Å². The van der Waals surface area contributed by atoms with Gasteiger partial charge in [0.15, 0.2) is 0 Å². The second kappa shape index (κ2) is 5.18. The standard InChI is InChI=1S/C13H17N5/c1-2-11(15-5-1)8-16-12-3-4-13(17-9-12)18-7-6-14-10-18/h3-4,6-7,9-11,15-16H,1-2,5,8H2. The molecule has 2 N–H and O–H groups in total. The number of nitrogens with zero attached hydrogens (tertiary/aromatic N) is 3. The fraction of sp³-hybridized carbons (Fsp3) is 0.385. The lowest BCUT2D eigenvalue weighted by Crippen LogP contribution is -2.29. The third-order valence-corrected chi connectivity index (χ3v) is 3.23. The first kappa shape index (κ1) is 11.2. The van der Waals surface area contributed by atoms with E-state index in [-0.39, 0.29) is 0 Å². The van der Waals surface area contributed by atoms with E-state index in [1.807, 2.05) is 23.0 Å². The maximum absolute atomic E-state index is 4.41. The topological polar surface area (TPSA) is 54.8 Å². The third-order valence-electron chi connectivity index (χ3n) is 3.23. The summed E-state index contributed by atoms with van der Waals surface area (Å²) in [5, 5.41) is 6.87. The summed E-state index contributed by atoms with van der Waals surface area (Å²) in [5.74, 6) is 0.886. The Kier molecular flexibility index (Phi) is 3.23. The highest BCUT2D eigenvalue weighted by Gasteiger charge is 2.12. The van der Waals surface area contributed by atoms with Crippen molar-refractivity contribution in [3.63, 3.8) is 0 Å². The summed E-state index contributed by atoms with van der Waals surface area (Å²) in [7, 11) is 0. The number of nitrogens with one attached hydrogen (secondary N) is 2. The van der Waals surface area contributed by atoms with Gasteiger partial charge in [-0.25, -0.2) is 9.97 Å². The average Bonchev–Trinajstić information content (AvgIpc) is 3.10. The number of anilines is 1. The largest absolute Gasteiger partial charge is 0.382 e. The van der Waals surface area contributed by atoms with Crippen molar-refractivity contribution in [1.29, 1.82) is 0 Å². The molecule has 2 aromatic rings. The van der Waals surface area contributed by atoms with Crippen molar-refractivity contribution in [1.82, 2.24) is 19.9 Å². The second-order valence-corrected chi connectivity index (χ2v) is 4.55. The normalized spacial score (nSPS) is 19.0. The molecule has 0 amide bonds. The molecule has 1 saturated heterocycles. The number of hydrogen-bond donors (Lipinski definition) is 2. The van der Waals surface area contributed by atoms with Crippen molar-refractivity contribution in [3.05, 3.63) is 37.1 Å². The molecule has 0 aromatic carbocycles. The van der Waals surface area contributed by atoms with Crippen LogP contribution in [0.4, 0.5) is 5.69 Å². The van der Waals surface area contributed by atoms with Gasteiger partial charge in [-0.05, 0) is 31.5 Å². The van der Waals surface area contributed by atoms with E-state index >= 15 is 0 Å². The highest BCUT2D eigenvalue weighted by Crippen LogP contribution is 2.11. The van der Waals surface area contributed by atoms with Crippen molar-refractivity contribution in [2.24, 2.45) is 0 Å². The number of hydrogen-bond acceptors (Lipinski definition) is 4. The van der Waals surface area contributed by atoms with Crippen molar-refractivity contribution in [3.8, 4) is 5.82 Å². The second-order valence-electron chi connectivity index (χ2n) is 4.55. The Balaban J connectivity index is 1.60. The molecule has 5 heteroatoms. The van der Waals surface area contributed by atoms with Gasteiger partial charge in [-0.1, -0.05) is 0 Å². The molecule has 0 saturated carbocycles. The lowest BCUT2D eigenvalue weighted by Gasteiger charge is -2.12. The molecule has 18 heavy (non-hydrogen) atoms. The fourth-order valence-corrected chi connectivity index (χ4v) is 2.21. The Morgan fingerprint density at radius 3 is 3.11 bits per heavy atom. The van der Waals surface area contributed by atoms with Crippen LogP contribution in [0, 0.1) is 0 Å². The van der Waals surface area contributed by atoms with Gasteiger partial charge in [0.1, 0.15) is 12.1 Å². The zero-order valence-corrected chi connectivity index (χ0v) is 10.2. The van der Waals surface area contributed by atoms with Gasteiger partial charge in [0.05, 0.1) is 11.9 Å². The minimum absolute atomic E-state index is 0.596. The van der Waals surface area contributed by atoms with E-state index in [1.165, 1.54) is 12.8 Å². The number of pyridine rings is 1. The summed E-state index contributed by atoms with van der Waals surface area (Å²) in [6, 6.07) is 4.64. The van der Waals surface area contributed by atoms with Gasteiger partial charge in [0.25, 0.3) is 0 Å². The highest BCUT2D eigenvalue weighted by atomic mass is 15.1. The predicted molar refractivity (Wildman–Crippen MR) is 70.9 cm³/mol. The van der Waals surface area contributed by atoms with Crippen molar-refractivity contribution >= 4 is 5.69 Å². The van der Waals surface area contributed by atoms with Gasteiger partial charge < -0.3 is 10.6 Å². The first-order valence-electron chi connectivity index (χ1n) is 6.33. The molecule has 3 heterocycles. The van der Waals surface area contributed by atoms with Crippen LogP contribution in [0.2, 0.25) is 0 Å². The Labute approximate surface area is 106 Å². The quantitative estimate of drug-likeness (QED) is 0.853.